The number of ether oxygens (including phenoxy) is 1. The third-order valence-electron chi connectivity index (χ3n) is 3.12. The van der Waals surface area contributed by atoms with Crippen molar-refractivity contribution in [1.82, 2.24) is 0 Å². The first-order valence-electron chi connectivity index (χ1n) is 6.16. The van der Waals surface area contributed by atoms with Gasteiger partial charge in [-0.15, -0.1) is 0 Å². The van der Waals surface area contributed by atoms with Gasteiger partial charge in [-0.3, -0.25) is 4.79 Å². The molecule has 3 rings (SSSR count). The summed E-state index contributed by atoms with van der Waals surface area (Å²) in [6, 6.07) is 10.7. The van der Waals surface area contributed by atoms with E-state index in [1.54, 1.807) is 24.3 Å². The van der Waals surface area contributed by atoms with E-state index in [0.717, 1.165) is 11.5 Å². The maximum absolute atomic E-state index is 13.7. The summed E-state index contributed by atoms with van der Waals surface area (Å²) < 4.78 is 24.0. The predicted octanol–water partition coefficient (Wildman–Crippen LogP) is 4.46. The number of carbonyl (C=O) groups is 1. The third kappa shape index (κ3) is 2.50. The maximum atomic E-state index is 13.7. The van der Waals surface area contributed by atoms with Gasteiger partial charge in [-0.2, -0.15) is 0 Å². The van der Waals surface area contributed by atoms with Gasteiger partial charge in [-0.1, -0.05) is 11.6 Å². The minimum atomic E-state index is -0.595. The minimum Gasteiger partial charge on any atom is -0.494 e. The topological polar surface area (TPSA) is 39.4 Å². The number of ketones is 1. The van der Waals surface area contributed by atoms with E-state index in [0.29, 0.717) is 10.6 Å². The molecule has 0 atom stereocenters. The summed E-state index contributed by atoms with van der Waals surface area (Å²) in [6.45, 7) is 0. The summed E-state index contributed by atoms with van der Waals surface area (Å²) in [5.74, 6) is -0.772. The molecule has 5 heteroatoms. The van der Waals surface area contributed by atoms with Crippen LogP contribution in [0.5, 0.6) is 5.75 Å². The molecule has 3 nitrogen and oxygen atoms in total. The lowest BCUT2D eigenvalue weighted by atomic mass is 10.1. The van der Waals surface area contributed by atoms with E-state index in [1.165, 1.54) is 19.2 Å². The van der Waals surface area contributed by atoms with Crippen molar-refractivity contribution in [1.29, 1.82) is 0 Å². The standard InChI is InChI=1S/C16H10ClFO3/c1-20-14-4-2-9(7-12(14)18)16(19)15-8-10-6-11(17)3-5-13(10)21-15/h2-8H,1H3. The Balaban J connectivity index is 2.01. The van der Waals surface area contributed by atoms with Crippen molar-refractivity contribution in [3.8, 4) is 5.75 Å². The number of hydrogen-bond donors (Lipinski definition) is 0. The van der Waals surface area contributed by atoms with Crippen LogP contribution in [0.1, 0.15) is 16.1 Å². The number of fused-ring (bicyclic) bond motifs is 1. The number of hydrogen-bond acceptors (Lipinski definition) is 3. The van der Waals surface area contributed by atoms with Crippen LogP contribution in [0.4, 0.5) is 4.39 Å². The van der Waals surface area contributed by atoms with Crippen molar-refractivity contribution in [2.24, 2.45) is 0 Å². The Morgan fingerprint density at radius 1 is 1.19 bits per heavy atom. The molecular formula is C16H10ClFO3. The molecular weight excluding hydrogens is 295 g/mol. The molecule has 0 aliphatic heterocycles. The fraction of sp³-hybridized carbons (Fsp3) is 0.0625. The van der Waals surface area contributed by atoms with E-state index < -0.39 is 11.6 Å². The lowest BCUT2D eigenvalue weighted by molar-refractivity contribution is 0.101. The van der Waals surface area contributed by atoms with Gasteiger partial charge in [0.05, 0.1) is 7.11 Å². The molecule has 0 saturated carbocycles. The Morgan fingerprint density at radius 2 is 2.00 bits per heavy atom. The van der Waals surface area contributed by atoms with Crippen LogP contribution in [0.3, 0.4) is 0 Å². The van der Waals surface area contributed by atoms with Crippen molar-refractivity contribution < 1.29 is 18.3 Å². The Morgan fingerprint density at radius 3 is 2.71 bits per heavy atom. The summed E-state index contributed by atoms with van der Waals surface area (Å²) in [5.41, 5.74) is 0.746. The van der Waals surface area contributed by atoms with E-state index in [4.69, 9.17) is 20.8 Å². The molecule has 1 heterocycles. The average molecular weight is 305 g/mol. The average Bonchev–Trinajstić information content (AvgIpc) is 2.89. The van der Waals surface area contributed by atoms with Crippen molar-refractivity contribution >= 4 is 28.4 Å². The molecule has 3 aromatic rings. The number of rotatable bonds is 3. The van der Waals surface area contributed by atoms with Crippen LogP contribution in [0.25, 0.3) is 11.0 Å². The quantitative estimate of drug-likeness (QED) is 0.670. The highest BCUT2D eigenvalue weighted by Gasteiger charge is 2.16. The smallest absolute Gasteiger partial charge is 0.228 e. The number of methoxy groups -OCH3 is 1. The van der Waals surface area contributed by atoms with Crippen LogP contribution in [-0.2, 0) is 0 Å². The fourth-order valence-electron chi connectivity index (χ4n) is 2.08. The van der Waals surface area contributed by atoms with Gasteiger partial charge in [-0.25, -0.2) is 4.39 Å². The maximum Gasteiger partial charge on any atom is 0.228 e. The zero-order valence-corrected chi connectivity index (χ0v) is 11.8. The lowest BCUT2D eigenvalue weighted by Gasteiger charge is -2.03. The Labute approximate surface area is 124 Å². The molecule has 0 fully saturated rings. The van der Waals surface area contributed by atoms with Crippen LogP contribution in [-0.4, -0.2) is 12.9 Å². The summed E-state index contributed by atoms with van der Waals surface area (Å²) >= 11 is 5.89. The summed E-state index contributed by atoms with van der Waals surface area (Å²) in [7, 11) is 1.36. The molecule has 0 amide bonds. The van der Waals surface area contributed by atoms with Gasteiger partial charge < -0.3 is 9.15 Å². The van der Waals surface area contributed by atoms with Crippen LogP contribution in [0.2, 0.25) is 5.02 Å². The Kier molecular flexibility index (Phi) is 3.39. The van der Waals surface area contributed by atoms with Gasteiger partial charge in [0.15, 0.2) is 17.3 Å². The van der Waals surface area contributed by atoms with Crippen LogP contribution in [0, 0.1) is 5.82 Å². The van der Waals surface area contributed by atoms with Crippen molar-refractivity contribution in [3.63, 3.8) is 0 Å². The second-order valence-corrected chi connectivity index (χ2v) is 4.91. The summed E-state index contributed by atoms with van der Waals surface area (Å²) in [5, 5.41) is 1.28. The molecule has 0 unspecified atom stereocenters. The first kappa shape index (κ1) is 13.6. The molecule has 0 N–H and O–H groups in total. The normalized spacial score (nSPS) is 10.8. The highest BCUT2D eigenvalue weighted by atomic mass is 35.5. The number of carbonyl (C=O) groups excluding carboxylic acids is 1. The van der Waals surface area contributed by atoms with Gasteiger partial charge >= 0.3 is 0 Å². The van der Waals surface area contributed by atoms with Gasteiger partial charge in [0, 0.05) is 16.0 Å². The molecule has 0 spiro atoms. The summed E-state index contributed by atoms with van der Waals surface area (Å²) in [6.07, 6.45) is 0. The zero-order valence-electron chi connectivity index (χ0n) is 11.0. The zero-order chi connectivity index (χ0) is 15.0. The minimum absolute atomic E-state index is 0.0861. The largest absolute Gasteiger partial charge is 0.494 e. The van der Waals surface area contributed by atoms with Crippen molar-refractivity contribution in [3.05, 3.63) is 64.6 Å². The predicted molar refractivity (Wildman–Crippen MR) is 77.6 cm³/mol. The van der Waals surface area contributed by atoms with Crippen LogP contribution < -0.4 is 4.74 Å². The van der Waals surface area contributed by atoms with Gasteiger partial charge in [0.1, 0.15) is 5.58 Å². The molecule has 2 aromatic carbocycles. The van der Waals surface area contributed by atoms with Gasteiger partial charge in [-0.05, 0) is 42.5 Å². The molecule has 0 aliphatic carbocycles. The van der Waals surface area contributed by atoms with Crippen molar-refractivity contribution in [2.75, 3.05) is 7.11 Å². The van der Waals surface area contributed by atoms with E-state index >= 15 is 0 Å². The van der Waals surface area contributed by atoms with E-state index in [-0.39, 0.29) is 17.1 Å². The van der Waals surface area contributed by atoms with Crippen LogP contribution in [0.15, 0.2) is 46.9 Å². The third-order valence-corrected chi connectivity index (χ3v) is 3.35. The summed E-state index contributed by atoms with van der Waals surface area (Å²) in [4.78, 5) is 12.3. The SMILES string of the molecule is COc1ccc(C(=O)c2cc3cc(Cl)ccc3o2)cc1F. The highest BCUT2D eigenvalue weighted by Crippen LogP contribution is 2.25. The van der Waals surface area contributed by atoms with Crippen molar-refractivity contribution in [2.45, 2.75) is 0 Å². The first-order chi connectivity index (χ1) is 10.1. The molecule has 0 bridgehead atoms. The number of benzene rings is 2. The molecule has 0 aliphatic rings. The molecule has 0 saturated heterocycles. The molecule has 106 valence electrons. The van der Waals surface area contributed by atoms with Gasteiger partial charge in [0.2, 0.25) is 5.78 Å². The first-order valence-corrected chi connectivity index (χ1v) is 6.53. The number of halogens is 2. The second kappa shape index (κ2) is 5.22. The van der Waals surface area contributed by atoms with E-state index in [9.17, 15) is 9.18 Å². The Hall–Kier alpha value is -2.33. The van der Waals surface area contributed by atoms with Gasteiger partial charge in [0.25, 0.3) is 0 Å². The van der Waals surface area contributed by atoms with E-state index in [2.05, 4.69) is 0 Å². The molecule has 21 heavy (non-hydrogen) atoms. The highest BCUT2D eigenvalue weighted by molar-refractivity contribution is 6.31. The van der Waals surface area contributed by atoms with E-state index in [1.807, 2.05) is 0 Å². The Bertz CT molecular complexity index is 839. The van der Waals surface area contributed by atoms with Crippen LogP contribution >= 0.6 is 11.6 Å². The lowest BCUT2D eigenvalue weighted by Crippen LogP contribution is -2.01. The molecule has 0 radical (unpaired) electrons. The monoisotopic (exact) mass is 304 g/mol. The fourth-order valence-corrected chi connectivity index (χ4v) is 2.26. The number of furan rings is 1. The second-order valence-electron chi connectivity index (χ2n) is 4.47. The molecule has 1 aromatic heterocycles.